The first-order chi connectivity index (χ1) is 8.69. The van der Waals surface area contributed by atoms with Gasteiger partial charge in [0.25, 0.3) is 0 Å². The first-order valence-electron chi connectivity index (χ1n) is 7.00. The molecule has 0 aliphatic heterocycles. The number of nitrogens with zero attached hydrogens (tertiary/aromatic N) is 1. The Bertz CT molecular complexity index is 303. The second-order valence-electron chi connectivity index (χ2n) is 5.94. The highest BCUT2D eigenvalue weighted by atomic mass is 32.1. The van der Waals surface area contributed by atoms with E-state index in [1.165, 1.54) is 0 Å². The van der Waals surface area contributed by atoms with Gasteiger partial charge in [0.15, 0.2) is 0 Å². The largest absolute Gasteiger partial charge is 0.393 e. The third kappa shape index (κ3) is 8.16. The molecule has 4 nitrogen and oxygen atoms in total. The van der Waals surface area contributed by atoms with Crippen molar-refractivity contribution in [1.82, 2.24) is 10.2 Å². The molecule has 0 fully saturated rings. The lowest BCUT2D eigenvalue weighted by Gasteiger charge is -2.25. The highest BCUT2D eigenvalue weighted by Gasteiger charge is 2.21. The van der Waals surface area contributed by atoms with Crippen LogP contribution in [0.1, 0.15) is 47.5 Å². The summed E-state index contributed by atoms with van der Waals surface area (Å²) in [5.41, 5.74) is 5.61. The van der Waals surface area contributed by atoms with Crippen LogP contribution in [0.15, 0.2) is 0 Å². The molecule has 3 N–H and O–H groups in total. The smallest absolute Gasteiger partial charge is 0.234 e. The Balaban J connectivity index is 4.08. The minimum absolute atomic E-state index is 0.0884. The monoisotopic (exact) mass is 287 g/mol. The Morgan fingerprint density at radius 2 is 2.00 bits per heavy atom. The Kier molecular flexibility index (Phi) is 8.18. The predicted molar refractivity (Wildman–Crippen MR) is 85.2 cm³/mol. The Morgan fingerprint density at radius 1 is 1.42 bits per heavy atom. The fourth-order valence-corrected chi connectivity index (χ4v) is 1.89. The van der Waals surface area contributed by atoms with Crippen molar-refractivity contribution >= 4 is 23.1 Å². The van der Waals surface area contributed by atoms with Crippen molar-refractivity contribution < 1.29 is 4.79 Å². The summed E-state index contributed by atoms with van der Waals surface area (Å²) >= 11 is 5.06. The van der Waals surface area contributed by atoms with Crippen LogP contribution < -0.4 is 11.1 Å². The highest BCUT2D eigenvalue weighted by Crippen LogP contribution is 2.22. The second-order valence-corrected chi connectivity index (χ2v) is 6.38. The van der Waals surface area contributed by atoms with Gasteiger partial charge >= 0.3 is 0 Å². The lowest BCUT2D eigenvalue weighted by Crippen LogP contribution is -2.40. The molecule has 0 aliphatic rings. The maximum Gasteiger partial charge on any atom is 0.234 e. The van der Waals surface area contributed by atoms with Crippen molar-refractivity contribution in [3.8, 4) is 0 Å². The number of rotatable bonds is 9. The summed E-state index contributed by atoms with van der Waals surface area (Å²) in [6.07, 6.45) is 1.94. The molecule has 0 aromatic carbocycles. The van der Waals surface area contributed by atoms with Crippen molar-refractivity contribution in [1.29, 1.82) is 0 Å². The molecule has 5 heteroatoms. The predicted octanol–water partition coefficient (Wildman–Crippen LogP) is 1.93. The van der Waals surface area contributed by atoms with Crippen molar-refractivity contribution in [2.24, 2.45) is 11.1 Å². The van der Waals surface area contributed by atoms with Gasteiger partial charge < -0.3 is 11.1 Å². The Morgan fingerprint density at radius 3 is 2.42 bits per heavy atom. The number of carbonyl (C=O) groups excluding carboxylic acids is 1. The Hall–Kier alpha value is -0.680. The number of amides is 1. The summed E-state index contributed by atoms with van der Waals surface area (Å²) < 4.78 is 0. The van der Waals surface area contributed by atoms with Gasteiger partial charge in [-0.15, -0.1) is 0 Å². The van der Waals surface area contributed by atoms with Crippen molar-refractivity contribution in [2.75, 3.05) is 19.6 Å². The summed E-state index contributed by atoms with van der Waals surface area (Å²) in [6, 6.07) is 0.194. The van der Waals surface area contributed by atoms with Gasteiger partial charge in [-0.1, -0.05) is 33.0 Å². The van der Waals surface area contributed by atoms with Crippen LogP contribution in [0.4, 0.5) is 0 Å². The van der Waals surface area contributed by atoms with E-state index >= 15 is 0 Å². The highest BCUT2D eigenvalue weighted by molar-refractivity contribution is 7.80. The summed E-state index contributed by atoms with van der Waals surface area (Å²) in [6.45, 7) is 12.4. The molecule has 0 bridgehead atoms. The maximum atomic E-state index is 11.7. The molecule has 1 amide bonds. The zero-order chi connectivity index (χ0) is 15.1. The molecule has 0 aromatic heterocycles. The van der Waals surface area contributed by atoms with Crippen LogP contribution in [-0.4, -0.2) is 41.5 Å². The summed E-state index contributed by atoms with van der Waals surface area (Å²) in [5, 5.41) is 2.91. The van der Waals surface area contributed by atoms with Gasteiger partial charge in [0.1, 0.15) is 0 Å². The average molecular weight is 287 g/mol. The molecule has 0 heterocycles. The second kappa shape index (κ2) is 8.48. The van der Waals surface area contributed by atoms with Gasteiger partial charge in [-0.25, -0.2) is 0 Å². The first kappa shape index (κ1) is 18.3. The summed E-state index contributed by atoms with van der Waals surface area (Å²) in [4.78, 5) is 14.4. The molecule has 0 aliphatic carbocycles. The van der Waals surface area contributed by atoms with E-state index < -0.39 is 0 Å². The zero-order valence-electron chi connectivity index (χ0n) is 13.0. The quantitative estimate of drug-likeness (QED) is 0.636. The van der Waals surface area contributed by atoms with Crippen LogP contribution in [0.3, 0.4) is 0 Å². The molecular formula is C14H29N3OS. The van der Waals surface area contributed by atoms with E-state index in [9.17, 15) is 4.79 Å². The van der Waals surface area contributed by atoms with Crippen LogP contribution in [0.2, 0.25) is 0 Å². The molecule has 19 heavy (non-hydrogen) atoms. The fraction of sp³-hybridized carbons (Fsp3) is 0.857. The van der Waals surface area contributed by atoms with Gasteiger partial charge in [-0.05, 0) is 39.8 Å². The third-order valence-corrected chi connectivity index (χ3v) is 3.76. The summed E-state index contributed by atoms with van der Waals surface area (Å²) in [7, 11) is 0. The van der Waals surface area contributed by atoms with E-state index in [1.807, 2.05) is 13.8 Å². The van der Waals surface area contributed by atoms with Crippen molar-refractivity contribution in [2.45, 2.75) is 53.5 Å². The minimum Gasteiger partial charge on any atom is -0.393 e. The van der Waals surface area contributed by atoms with Gasteiger partial charge in [-0.2, -0.15) is 0 Å². The SMILES string of the molecule is CCN(CCCC(C)(C)C(N)=S)CC(=O)NC(C)C. The van der Waals surface area contributed by atoms with Crippen LogP contribution in [0, 0.1) is 5.41 Å². The van der Waals surface area contributed by atoms with E-state index in [4.69, 9.17) is 18.0 Å². The number of hydrogen-bond donors (Lipinski definition) is 2. The molecule has 0 spiro atoms. The topological polar surface area (TPSA) is 58.4 Å². The van der Waals surface area contributed by atoms with E-state index in [2.05, 4.69) is 31.0 Å². The zero-order valence-corrected chi connectivity index (χ0v) is 13.8. The van der Waals surface area contributed by atoms with E-state index in [0.29, 0.717) is 11.5 Å². The number of hydrogen-bond acceptors (Lipinski definition) is 3. The first-order valence-corrected chi connectivity index (χ1v) is 7.41. The van der Waals surface area contributed by atoms with Gasteiger partial charge in [0, 0.05) is 11.5 Å². The third-order valence-electron chi connectivity index (χ3n) is 3.21. The standard InChI is InChI=1S/C14H29N3OS/c1-6-17(10-12(18)16-11(2)3)9-7-8-14(4,5)13(15)19/h11H,6-10H2,1-5H3,(H2,15,19)(H,16,18). The van der Waals surface area contributed by atoms with E-state index in [-0.39, 0.29) is 17.4 Å². The van der Waals surface area contributed by atoms with Gasteiger partial charge in [0.05, 0.1) is 11.5 Å². The van der Waals surface area contributed by atoms with E-state index in [0.717, 1.165) is 25.9 Å². The van der Waals surface area contributed by atoms with Gasteiger partial charge in [-0.3, -0.25) is 9.69 Å². The molecular weight excluding hydrogens is 258 g/mol. The van der Waals surface area contributed by atoms with Crippen LogP contribution in [0.5, 0.6) is 0 Å². The van der Waals surface area contributed by atoms with Gasteiger partial charge in [0.2, 0.25) is 5.91 Å². The molecule has 0 atom stereocenters. The number of thiocarbonyl (C=S) groups is 1. The van der Waals surface area contributed by atoms with Crippen molar-refractivity contribution in [3.63, 3.8) is 0 Å². The van der Waals surface area contributed by atoms with Crippen molar-refractivity contribution in [3.05, 3.63) is 0 Å². The van der Waals surface area contributed by atoms with E-state index in [1.54, 1.807) is 0 Å². The Labute approximate surface area is 123 Å². The number of nitrogens with one attached hydrogen (secondary N) is 1. The minimum atomic E-state index is -0.102. The molecule has 112 valence electrons. The lowest BCUT2D eigenvalue weighted by atomic mass is 9.88. The molecule has 0 aromatic rings. The lowest BCUT2D eigenvalue weighted by molar-refractivity contribution is -0.122. The number of nitrogens with two attached hydrogens (primary N) is 1. The molecule has 0 saturated heterocycles. The molecule has 0 saturated carbocycles. The number of likely N-dealkylation sites (N-methyl/N-ethyl adjacent to an activating group) is 1. The fourth-order valence-electron chi connectivity index (χ4n) is 1.79. The maximum absolute atomic E-state index is 11.7. The molecule has 0 radical (unpaired) electrons. The average Bonchev–Trinajstić information content (AvgIpc) is 2.26. The van der Waals surface area contributed by atoms with Crippen LogP contribution >= 0.6 is 12.2 Å². The molecule has 0 rings (SSSR count). The normalized spacial score (nSPS) is 11.9. The molecule has 0 unspecified atom stereocenters. The number of carbonyl (C=O) groups is 1. The van der Waals surface area contributed by atoms with Crippen LogP contribution in [-0.2, 0) is 4.79 Å². The van der Waals surface area contributed by atoms with Crippen LogP contribution in [0.25, 0.3) is 0 Å². The summed E-state index contributed by atoms with van der Waals surface area (Å²) in [5.74, 6) is 0.0884.